The summed E-state index contributed by atoms with van der Waals surface area (Å²) in [5, 5.41) is 0. The number of hydrogen-bond donors (Lipinski definition) is 1. The van der Waals surface area contributed by atoms with Crippen molar-refractivity contribution in [1.29, 1.82) is 0 Å². The van der Waals surface area contributed by atoms with Crippen LogP contribution in [0, 0.1) is 5.92 Å². The number of primary amides is 1. The zero-order valence-electron chi connectivity index (χ0n) is 17.1. The number of piperidine rings is 1. The molecule has 0 aliphatic carbocycles. The summed E-state index contributed by atoms with van der Waals surface area (Å²) in [5.74, 6) is 0.141. The summed E-state index contributed by atoms with van der Waals surface area (Å²) in [6.07, 6.45) is 1.10. The van der Waals surface area contributed by atoms with Gasteiger partial charge in [0.1, 0.15) is 0 Å². The van der Waals surface area contributed by atoms with Crippen LogP contribution in [0.5, 0.6) is 0 Å². The minimum atomic E-state index is -0.882. The normalized spacial score (nSPS) is 15.6. The molecule has 0 spiro atoms. The Morgan fingerprint density at radius 2 is 1.30 bits per heavy atom. The van der Waals surface area contributed by atoms with Crippen molar-refractivity contribution in [3.8, 4) is 0 Å². The molecule has 1 amide bonds. The summed E-state index contributed by atoms with van der Waals surface area (Å²) < 4.78 is 6.02. The maximum absolute atomic E-state index is 12.1. The molecule has 4 nitrogen and oxygen atoms in total. The Morgan fingerprint density at radius 1 is 0.833 bits per heavy atom. The van der Waals surface area contributed by atoms with Crippen LogP contribution in [-0.2, 0) is 16.9 Å². The van der Waals surface area contributed by atoms with Crippen LogP contribution in [0.25, 0.3) is 0 Å². The molecule has 0 aromatic heterocycles. The highest BCUT2D eigenvalue weighted by Gasteiger charge is 2.46. The van der Waals surface area contributed by atoms with Crippen LogP contribution in [0.1, 0.15) is 29.5 Å². The highest BCUT2D eigenvalue weighted by atomic mass is 16.6. The van der Waals surface area contributed by atoms with Crippen LogP contribution < -0.4 is 5.73 Å². The van der Waals surface area contributed by atoms with Crippen molar-refractivity contribution >= 4 is 6.09 Å². The number of amides is 1. The van der Waals surface area contributed by atoms with E-state index in [1.165, 1.54) is 5.56 Å². The standard InChI is InChI=1S/C26H28N2O2/c27-25(29)30-26(22-12-6-2-7-13-22,23-14-8-3-9-15-23)24-16-18-28(19-17-24)20-21-10-4-1-5-11-21/h1-15,24H,16-20H2,(H2,27,29). The second-order valence-corrected chi connectivity index (χ2v) is 7.92. The van der Waals surface area contributed by atoms with Crippen LogP contribution in [0.3, 0.4) is 0 Å². The van der Waals surface area contributed by atoms with Gasteiger partial charge in [-0.15, -0.1) is 0 Å². The van der Waals surface area contributed by atoms with E-state index in [0.717, 1.165) is 43.6 Å². The third-order valence-electron chi connectivity index (χ3n) is 6.08. The van der Waals surface area contributed by atoms with E-state index in [9.17, 15) is 4.79 Å². The Labute approximate surface area is 178 Å². The van der Waals surface area contributed by atoms with Gasteiger partial charge in [-0.1, -0.05) is 91.0 Å². The van der Waals surface area contributed by atoms with Crippen molar-refractivity contribution in [2.24, 2.45) is 11.7 Å². The number of ether oxygens (including phenoxy) is 1. The third kappa shape index (κ3) is 4.24. The number of likely N-dealkylation sites (tertiary alicyclic amines) is 1. The zero-order valence-corrected chi connectivity index (χ0v) is 17.1. The van der Waals surface area contributed by atoms with E-state index in [-0.39, 0.29) is 5.92 Å². The molecular formula is C26H28N2O2. The van der Waals surface area contributed by atoms with Crippen molar-refractivity contribution in [2.45, 2.75) is 25.0 Å². The number of nitrogens with zero attached hydrogens (tertiary/aromatic N) is 1. The van der Waals surface area contributed by atoms with E-state index in [0.29, 0.717) is 0 Å². The predicted octanol–water partition coefficient (Wildman–Crippen LogP) is 4.94. The number of rotatable bonds is 6. The monoisotopic (exact) mass is 400 g/mol. The third-order valence-corrected chi connectivity index (χ3v) is 6.08. The average Bonchev–Trinajstić information content (AvgIpc) is 2.80. The number of nitrogens with two attached hydrogens (primary N) is 1. The van der Waals surface area contributed by atoms with Gasteiger partial charge in [0, 0.05) is 23.6 Å². The molecule has 0 saturated carbocycles. The SMILES string of the molecule is NC(=O)OC(c1ccccc1)(c1ccccc1)C1CCN(Cc2ccccc2)CC1. The van der Waals surface area contributed by atoms with Gasteiger partial charge in [-0.05, 0) is 31.5 Å². The summed E-state index contributed by atoms with van der Waals surface area (Å²) in [5.41, 5.74) is 8.00. The van der Waals surface area contributed by atoms with Gasteiger partial charge in [-0.2, -0.15) is 0 Å². The quantitative estimate of drug-likeness (QED) is 0.638. The maximum atomic E-state index is 12.1. The molecule has 0 unspecified atom stereocenters. The summed E-state index contributed by atoms with van der Waals surface area (Å²) in [7, 11) is 0. The molecule has 1 heterocycles. The Kier molecular flexibility index (Phi) is 6.15. The first kappa shape index (κ1) is 20.2. The second kappa shape index (κ2) is 9.14. The summed E-state index contributed by atoms with van der Waals surface area (Å²) in [4.78, 5) is 14.6. The fraction of sp³-hybridized carbons (Fsp3) is 0.269. The van der Waals surface area contributed by atoms with Gasteiger partial charge in [-0.25, -0.2) is 4.79 Å². The van der Waals surface area contributed by atoms with Gasteiger partial charge in [-0.3, -0.25) is 4.90 Å². The summed E-state index contributed by atoms with van der Waals surface area (Å²) in [6, 6.07) is 30.6. The van der Waals surface area contributed by atoms with Crippen LogP contribution in [0.15, 0.2) is 91.0 Å². The lowest BCUT2D eigenvalue weighted by Gasteiger charge is -2.44. The number of carbonyl (C=O) groups is 1. The van der Waals surface area contributed by atoms with Gasteiger partial charge in [0.15, 0.2) is 5.60 Å². The van der Waals surface area contributed by atoms with Crippen molar-refractivity contribution in [2.75, 3.05) is 13.1 Å². The lowest BCUT2D eigenvalue weighted by atomic mass is 9.71. The maximum Gasteiger partial charge on any atom is 0.405 e. The molecule has 1 aliphatic heterocycles. The summed E-state index contributed by atoms with van der Waals surface area (Å²) >= 11 is 0. The molecule has 2 N–H and O–H groups in total. The first-order chi connectivity index (χ1) is 14.7. The Morgan fingerprint density at radius 3 is 1.77 bits per heavy atom. The fourth-order valence-electron chi connectivity index (χ4n) is 4.71. The first-order valence-corrected chi connectivity index (χ1v) is 10.5. The zero-order chi connectivity index (χ0) is 20.8. The largest absolute Gasteiger partial charge is 0.433 e. The van der Waals surface area contributed by atoms with Gasteiger partial charge in [0.25, 0.3) is 0 Å². The number of carbonyl (C=O) groups excluding carboxylic acids is 1. The van der Waals surface area contributed by atoms with Crippen molar-refractivity contribution < 1.29 is 9.53 Å². The van der Waals surface area contributed by atoms with Gasteiger partial charge in [0.05, 0.1) is 0 Å². The molecule has 3 aromatic carbocycles. The molecule has 30 heavy (non-hydrogen) atoms. The van der Waals surface area contributed by atoms with Crippen molar-refractivity contribution in [3.63, 3.8) is 0 Å². The Bertz CT molecular complexity index is 897. The van der Waals surface area contributed by atoms with Gasteiger partial charge < -0.3 is 10.5 Å². The lowest BCUT2D eigenvalue weighted by molar-refractivity contribution is -0.0268. The fourth-order valence-corrected chi connectivity index (χ4v) is 4.71. The van der Waals surface area contributed by atoms with E-state index in [1.54, 1.807) is 0 Å². The molecule has 0 atom stereocenters. The van der Waals surface area contributed by atoms with Gasteiger partial charge in [0.2, 0.25) is 0 Å². The molecule has 3 aromatic rings. The Balaban J connectivity index is 1.64. The smallest absolute Gasteiger partial charge is 0.405 e. The lowest BCUT2D eigenvalue weighted by Crippen LogP contribution is -2.47. The second-order valence-electron chi connectivity index (χ2n) is 7.92. The van der Waals surface area contributed by atoms with Crippen molar-refractivity contribution in [3.05, 3.63) is 108 Å². The molecule has 0 radical (unpaired) electrons. The molecular weight excluding hydrogens is 372 g/mol. The molecule has 0 bridgehead atoms. The highest BCUT2D eigenvalue weighted by molar-refractivity contribution is 5.66. The topological polar surface area (TPSA) is 55.6 Å². The first-order valence-electron chi connectivity index (χ1n) is 10.5. The Hall–Kier alpha value is -3.11. The van der Waals surface area contributed by atoms with Crippen LogP contribution >= 0.6 is 0 Å². The van der Waals surface area contributed by atoms with E-state index in [2.05, 4.69) is 29.2 Å². The molecule has 1 fully saturated rings. The molecule has 1 aliphatic rings. The van der Waals surface area contributed by atoms with E-state index in [1.807, 2.05) is 66.7 Å². The minimum Gasteiger partial charge on any atom is -0.433 e. The molecule has 154 valence electrons. The summed E-state index contributed by atoms with van der Waals surface area (Å²) in [6.45, 7) is 2.83. The van der Waals surface area contributed by atoms with Crippen LogP contribution in [-0.4, -0.2) is 24.1 Å². The van der Waals surface area contributed by atoms with Crippen molar-refractivity contribution in [1.82, 2.24) is 4.90 Å². The predicted molar refractivity (Wildman–Crippen MR) is 119 cm³/mol. The molecule has 1 saturated heterocycles. The van der Waals surface area contributed by atoms with E-state index in [4.69, 9.17) is 10.5 Å². The minimum absolute atomic E-state index is 0.141. The average molecular weight is 401 g/mol. The number of hydrogen-bond acceptors (Lipinski definition) is 3. The van der Waals surface area contributed by atoms with Crippen LogP contribution in [0.4, 0.5) is 4.79 Å². The van der Waals surface area contributed by atoms with E-state index < -0.39 is 11.7 Å². The highest BCUT2D eigenvalue weighted by Crippen LogP contribution is 2.45. The number of benzene rings is 3. The molecule has 4 heteroatoms. The van der Waals surface area contributed by atoms with Gasteiger partial charge >= 0.3 is 6.09 Å². The van der Waals surface area contributed by atoms with E-state index >= 15 is 0 Å². The van der Waals surface area contributed by atoms with Crippen LogP contribution in [0.2, 0.25) is 0 Å². The molecule has 4 rings (SSSR count).